The molecular weight excluding hydrogens is 352 g/mol. The molecule has 112 valence electrons. The molecule has 21 heavy (non-hydrogen) atoms. The van der Waals surface area contributed by atoms with Gasteiger partial charge in [-0.2, -0.15) is 0 Å². The Labute approximate surface area is 127 Å². The average Bonchev–Trinajstić information content (AvgIpc) is 2.44. The zero-order valence-electron chi connectivity index (χ0n) is 10.6. The Morgan fingerprint density at radius 1 is 0.952 bits per heavy atom. The molecule has 0 amide bonds. The maximum absolute atomic E-state index is 13.7. The molecule has 2 aromatic carbocycles. The molecule has 1 atom stereocenters. The highest BCUT2D eigenvalue weighted by Crippen LogP contribution is 2.26. The van der Waals surface area contributed by atoms with Crippen molar-refractivity contribution in [2.75, 3.05) is 11.9 Å². The standard InChI is InChI=1S/C14H11BrF4N2/c15-9-3-7(1-2-10(9)16)21-14(6-20)8-4-12(18)13(19)5-11(8)17/h1-5,14,21H,6,20H2. The van der Waals surface area contributed by atoms with Crippen LogP contribution in [0, 0.1) is 23.3 Å². The smallest absolute Gasteiger partial charge is 0.161 e. The molecule has 0 aliphatic rings. The maximum Gasteiger partial charge on any atom is 0.161 e. The van der Waals surface area contributed by atoms with Gasteiger partial charge in [-0.1, -0.05) is 0 Å². The van der Waals surface area contributed by atoms with Gasteiger partial charge in [0.05, 0.1) is 10.5 Å². The number of nitrogens with one attached hydrogen (secondary N) is 1. The lowest BCUT2D eigenvalue weighted by atomic mass is 10.1. The van der Waals surface area contributed by atoms with E-state index in [1.54, 1.807) is 0 Å². The Bertz CT molecular complexity index is 664. The maximum atomic E-state index is 13.7. The number of benzene rings is 2. The quantitative estimate of drug-likeness (QED) is 0.634. The SMILES string of the molecule is NCC(Nc1ccc(F)c(Br)c1)c1cc(F)c(F)cc1F. The number of anilines is 1. The van der Waals surface area contributed by atoms with E-state index in [0.717, 1.165) is 6.07 Å². The van der Waals surface area contributed by atoms with Crippen molar-refractivity contribution in [2.24, 2.45) is 5.73 Å². The largest absolute Gasteiger partial charge is 0.377 e. The van der Waals surface area contributed by atoms with Crippen molar-refractivity contribution in [2.45, 2.75) is 6.04 Å². The Morgan fingerprint density at radius 2 is 1.62 bits per heavy atom. The summed E-state index contributed by atoms with van der Waals surface area (Å²) in [5, 5.41) is 2.85. The van der Waals surface area contributed by atoms with E-state index in [-0.39, 0.29) is 16.6 Å². The van der Waals surface area contributed by atoms with Gasteiger partial charge in [-0.15, -0.1) is 0 Å². The van der Waals surface area contributed by atoms with Gasteiger partial charge in [0.25, 0.3) is 0 Å². The van der Waals surface area contributed by atoms with Gasteiger partial charge in [-0.3, -0.25) is 0 Å². The highest BCUT2D eigenvalue weighted by atomic mass is 79.9. The van der Waals surface area contributed by atoms with Gasteiger partial charge in [-0.25, -0.2) is 17.6 Å². The van der Waals surface area contributed by atoms with Crippen LogP contribution in [0.2, 0.25) is 0 Å². The van der Waals surface area contributed by atoms with Gasteiger partial charge in [0, 0.05) is 23.9 Å². The molecule has 0 heterocycles. The average molecular weight is 363 g/mol. The second-order valence-corrected chi connectivity index (χ2v) is 5.20. The summed E-state index contributed by atoms with van der Waals surface area (Å²) >= 11 is 3.02. The minimum atomic E-state index is -1.27. The number of halogens is 5. The van der Waals surface area contributed by atoms with E-state index in [9.17, 15) is 17.6 Å². The summed E-state index contributed by atoms with van der Waals surface area (Å²) in [6.07, 6.45) is 0. The monoisotopic (exact) mass is 362 g/mol. The number of nitrogens with two attached hydrogens (primary N) is 1. The summed E-state index contributed by atoms with van der Waals surface area (Å²) in [6, 6.07) is 4.53. The van der Waals surface area contributed by atoms with Crippen molar-refractivity contribution in [1.29, 1.82) is 0 Å². The summed E-state index contributed by atoms with van der Waals surface area (Å²) in [5.41, 5.74) is 5.91. The molecule has 2 aromatic rings. The third kappa shape index (κ3) is 3.54. The van der Waals surface area contributed by atoms with E-state index in [2.05, 4.69) is 21.2 Å². The van der Waals surface area contributed by atoms with Gasteiger partial charge in [-0.05, 0) is 40.2 Å². The van der Waals surface area contributed by atoms with Crippen LogP contribution >= 0.6 is 15.9 Å². The van der Waals surface area contributed by atoms with Gasteiger partial charge in [0.2, 0.25) is 0 Å². The minimum absolute atomic E-state index is 0.0585. The summed E-state index contributed by atoms with van der Waals surface area (Å²) in [6.45, 7) is -0.0585. The fraction of sp³-hybridized carbons (Fsp3) is 0.143. The van der Waals surface area contributed by atoms with Crippen molar-refractivity contribution in [1.82, 2.24) is 0 Å². The Kier molecular flexibility index (Phi) is 4.84. The molecule has 0 fully saturated rings. The van der Waals surface area contributed by atoms with Crippen molar-refractivity contribution in [3.8, 4) is 0 Å². The lowest BCUT2D eigenvalue weighted by Gasteiger charge is -2.19. The van der Waals surface area contributed by atoms with Gasteiger partial charge in [0.15, 0.2) is 11.6 Å². The first-order valence-electron chi connectivity index (χ1n) is 5.98. The van der Waals surface area contributed by atoms with Gasteiger partial charge < -0.3 is 11.1 Å². The molecule has 0 aliphatic carbocycles. The zero-order chi connectivity index (χ0) is 15.6. The first kappa shape index (κ1) is 15.8. The van der Waals surface area contributed by atoms with Crippen molar-refractivity contribution in [3.63, 3.8) is 0 Å². The third-order valence-corrected chi connectivity index (χ3v) is 3.52. The molecule has 0 aliphatic heterocycles. The van der Waals surface area contributed by atoms with Crippen LogP contribution in [0.4, 0.5) is 23.2 Å². The van der Waals surface area contributed by atoms with E-state index in [0.29, 0.717) is 11.8 Å². The Balaban J connectivity index is 2.31. The molecule has 0 saturated carbocycles. The van der Waals surface area contributed by atoms with Crippen LogP contribution < -0.4 is 11.1 Å². The minimum Gasteiger partial charge on any atom is -0.377 e. The van der Waals surface area contributed by atoms with E-state index >= 15 is 0 Å². The zero-order valence-corrected chi connectivity index (χ0v) is 12.2. The van der Waals surface area contributed by atoms with Crippen LogP contribution in [0.3, 0.4) is 0 Å². The lowest BCUT2D eigenvalue weighted by Crippen LogP contribution is -2.22. The van der Waals surface area contributed by atoms with Crippen LogP contribution in [0.1, 0.15) is 11.6 Å². The van der Waals surface area contributed by atoms with E-state index in [1.165, 1.54) is 18.2 Å². The molecule has 2 nitrogen and oxygen atoms in total. The molecular formula is C14H11BrF4N2. The molecule has 2 rings (SSSR count). The number of hydrogen-bond acceptors (Lipinski definition) is 2. The molecule has 0 radical (unpaired) electrons. The highest BCUT2D eigenvalue weighted by Gasteiger charge is 2.18. The van der Waals surface area contributed by atoms with Crippen LogP contribution in [-0.2, 0) is 0 Å². The van der Waals surface area contributed by atoms with E-state index < -0.39 is 29.3 Å². The van der Waals surface area contributed by atoms with Crippen LogP contribution in [0.25, 0.3) is 0 Å². The summed E-state index contributed by atoms with van der Waals surface area (Å²) in [4.78, 5) is 0. The molecule has 0 aromatic heterocycles. The van der Waals surface area contributed by atoms with Crippen molar-refractivity contribution >= 4 is 21.6 Å². The topological polar surface area (TPSA) is 38.0 Å². The van der Waals surface area contributed by atoms with Crippen LogP contribution in [-0.4, -0.2) is 6.54 Å². The van der Waals surface area contributed by atoms with Gasteiger partial charge in [0.1, 0.15) is 11.6 Å². The normalized spacial score (nSPS) is 12.3. The van der Waals surface area contributed by atoms with Gasteiger partial charge >= 0.3 is 0 Å². The van der Waals surface area contributed by atoms with E-state index in [4.69, 9.17) is 5.73 Å². The van der Waals surface area contributed by atoms with E-state index in [1.807, 2.05) is 0 Å². The fourth-order valence-corrected chi connectivity index (χ4v) is 2.23. The predicted octanol–water partition coefficient (Wildman–Crippen LogP) is 4.12. The Morgan fingerprint density at radius 3 is 2.24 bits per heavy atom. The molecule has 1 unspecified atom stereocenters. The summed E-state index contributed by atoms with van der Waals surface area (Å²) in [7, 11) is 0. The second-order valence-electron chi connectivity index (χ2n) is 4.35. The first-order valence-corrected chi connectivity index (χ1v) is 6.77. The van der Waals surface area contributed by atoms with Crippen molar-refractivity contribution < 1.29 is 17.6 Å². The van der Waals surface area contributed by atoms with Crippen molar-refractivity contribution in [3.05, 3.63) is 63.6 Å². The highest BCUT2D eigenvalue weighted by molar-refractivity contribution is 9.10. The molecule has 0 saturated heterocycles. The third-order valence-electron chi connectivity index (χ3n) is 2.91. The Hall–Kier alpha value is -1.60. The number of hydrogen-bond donors (Lipinski definition) is 2. The fourth-order valence-electron chi connectivity index (χ4n) is 1.86. The molecule has 0 bridgehead atoms. The molecule has 7 heteroatoms. The number of rotatable bonds is 4. The summed E-state index contributed by atoms with van der Waals surface area (Å²) in [5.74, 6) is -3.79. The first-order chi connectivity index (χ1) is 9.92. The molecule has 3 N–H and O–H groups in total. The van der Waals surface area contributed by atoms with Crippen LogP contribution in [0.15, 0.2) is 34.8 Å². The lowest BCUT2D eigenvalue weighted by molar-refractivity contribution is 0.486. The molecule has 0 spiro atoms. The second kappa shape index (κ2) is 6.44. The van der Waals surface area contributed by atoms with Crippen LogP contribution in [0.5, 0.6) is 0 Å². The summed E-state index contributed by atoms with van der Waals surface area (Å²) < 4.78 is 53.3. The predicted molar refractivity (Wildman–Crippen MR) is 75.8 cm³/mol.